The molecule has 0 unspecified atom stereocenters. The van der Waals surface area contributed by atoms with Crippen LogP contribution in [0.3, 0.4) is 0 Å². The summed E-state index contributed by atoms with van der Waals surface area (Å²) in [5, 5.41) is 2.14. The number of benzene rings is 1. The molecule has 0 aliphatic heterocycles. The van der Waals surface area contributed by atoms with Crippen LogP contribution in [-0.2, 0) is 6.42 Å². The Morgan fingerprint density at radius 1 is 1.07 bits per heavy atom. The summed E-state index contributed by atoms with van der Waals surface area (Å²) in [6.07, 6.45) is 1.07. The van der Waals surface area contributed by atoms with Crippen molar-refractivity contribution >= 4 is 11.3 Å². The Morgan fingerprint density at radius 3 is 2.36 bits per heavy atom. The van der Waals surface area contributed by atoms with Gasteiger partial charge < -0.3 is 0 Å². The minimum atomic E-state index is 1.07. The second-order valence-electron chi connectivity index (χ2n) is 3.75. The highest BCUT2D eigenvalue weighted by molar-refractivity contribution is 7.09. The average molecular weight is 202 g/mol. The van der Waals surface area contributed by atoms with E-state index in [1.165, 1.54) is 21.6 Å². The Morgan fingerprint density at radius 2 is 1.79 bits per heavy atom. The largest absolute Gasteiger partial charge is 0.149 e. The SMILES string of the molecule is Cc1cc(C)cc(Cc2cccs2)c1. The maximum Gasteiger partial charge on any atom is 0.00890 e. The van der Waals surface area contributed by atoms with Crippen LogP contribution in [0.4, 0.5) is 0 Å². The van der Waals surface area contributed by atoms with Gasteiger partial charge >= 0.3 is 0 Å². The molecule has 72 valence electrons. The molecule has 0 saturated carbocycles. The Kier molecular flexibility index (Phi) is 2.69. The monoisotopic (exact) mass is 202 g/mol. The maximum atomic E-state index is 2.27. The van der Waals surface area contributed by atoms with Crippen LogP contribution in [0.1, 0.15) is 21.6 Å². The number of hydrogen-bond donors (Lipinski definition) is 0. The molecule has 1 aromatic carbocycles. The van der Waals surface area contributed by atoms with E-state index in [1.807, 2.05) is 11.3 Å². The lowest BCUT2D eigenvalue weighted by Crippen LogP contribution is -1.87. The molecule has 0 aliphatic carbocycles. The van der Waals surface area contributed by atoms with Crippen molar-refractivity contribution in [1.29, 1.82) is 0 Å². The van der Waals surface area contributed by atoms with Crippen LogP contribution in [0, 0.1) is 13.8 Å². The normalized spacial score (nSPS) is 10.4. The molecular weight excluding hydrogens is 188 g/mol. The van der Waals surface area contributed by atoms with Crippen LogP contribution in [0.2, 0.25) is 0 Å². The molecule has 2 rings (SSSR count). The lowest BCUT2D eigenvalue weighted by Gasteiger charge is -2.03. The zero-order valence-electron chi connectivity index (χ0n) is 8.58. The molecule has 1 heteroatoms. The topological polar surface area (TPSA) is 0 Å². The summed E-state index contributed by atoms with van der Waals surface area (Å²) in [4.78, 5) is 1.44. The fourth-order valence-corrected chi connectivity index (χ4v) is 2.52. The van der Waals surface area contributed by atoms with Gasteiger partial charge in [-0.1, -0.05) is 35.4 Å². The van der Waals surface area contributed by atoms with E-state index >= 15 is 0 Å². The Hall–Kier alpha value is -1.08. The van der Waals surface area contributed by atoms with Gasteiger partial charge in [0.05, 0.1) is 0 Å². The third-order valence-electron chi connectivity index (χ3n) is 2.24. The van der Waals surface area contributed by atoms with Crippen molar-refractivity contribution in [3.63, 3.8) is 0 Å². The highest BCUT2D eigenvalue weighted by atomic mass is 32.1. The minimum Gasteiger partial charge on any atom is -0.149 e. The molecule has 0 bridgehead atoms. The van der Waals surface area contributed by atoms with Gasteiger partial charge in [-0.25, -0.2) is 0 Å². The summed E-state index contributed by atoms with van der Waals surface area (Å²) < 4.78 is 0. The van der Waals surface area contributed by atoms with Gasteiger partial charge in [-0.05, 0) is 30.9 Å². The summed E-state index contributed by atoms with van der Waals surface area (Å²) in [6, 6.07) is 11.1. The molecule has 14 heavy (non-hydrogen) atoms. The fourth-order valence-electron chi connectivity index (χ4n) is 1.79. The van der Waals surface area contributed by atoms with Crippen molar-refractivity contribution in [1.82, 2.24) is 0 Å². The number of hydrogen-bond acceptors (Lipinski definition) is 1. The molecule has 1 aromatic heterocycles. The van der Waals surface area contributed by atoms with Gasteiger partial charge in [0.15, 0.2) is 0 Å². The molecule has 1 heterocycles. The summed E-state index contributed by atoms with van der Waals surface area (Å²) >= 11 is 1.83. The van der Waals surface area contributed by atoms with Gasteiger partial charge in [-0.15, -0.1) is 11.3 Å². The van der Waals surface area contributed by atoms with E-state index in [9.17, 15) is 0 Å². The third-order valence-corrected chi connectivity index (χ3v) is 3.12. The molecule has 0 aliphatic rings. The maximum absolute atomic E-state index is 2.27. The lowest BCUT2D eigenvalue weighted by molar-refractivity contribution is 1.20. The average Bonchev–Trinajstić information content (AvgIpc) is 2.54. The third kappa shape index (κ3) is 2.24. The van der Waals surface area contributed by atoms with Crippen LogP contribution in [0.25, 0.3) is 0 Å². The molecule has 0 fully saturated rings. The van der Waals surface area contributed by atoms with E-state index in [0.29, 0.717) is 0 Å². The first-order valence-electron chi connectivity index (χ1n) is 4.83. The van der Waals surface area contributed by atoms with Crippen LogP contribution in [-0.4, -0.2) is 0 Å². The van der Waals surface area contributed by atoms with E-state index in [1.54, 1.807) is 0 Å². The van der Waals surface area contributed by atoms with Crippen molar-refractivity contribution in [3.8, 4) is 0 Å². The quantitative estimate of drug-likeness (QED) is 0.691. The van der Waals surface area contributed by atoms with Gasteiger partial charge in [0, 0.05) is 11.3 Å². The predicted octanol–water partition coefficient (Wildman–Crippen LogP) is 3.96. The first kappa shape index (κ1) is 9.47. The van der Waals surface area contributed by atoms with Crippen LogP contribution >= 0.6 is 11.3 Å². The number of thiophene rings is 1. The molecule has 2 aromatic rings. The molecular formula is C13H14S. The smallest absolute Gasteiger partial charge is 0.00890 e. The molecule has 0 radical (unpaired) electrons. The lowest BCUT2D eigenvalue weighted by atomic mass is 10.0. The fraction of sp³-hybridized carbons (Fsp3) is 0.231. The van der Waals surface area contributed by atoms with E-state index in [2.05, 4.69) is 49.6 Å². The van der Waals surface area contributed by atoms with Gasteiger partial charge in [-0.3, -0.25) is 0 Å². The Labute approximate surface area is 89.2 Å². The Balaban J connectivity index is 2.25. The molecule has 0 atom stereocenters. The highest BCUT2D eigenvalue weighted by Crippen LogP contribution is 2.17. The van der Waals surface area contributed by atoms with Crippen LogP contribution < -0.4 is 0 Å². The first-order chi connectivity index (χ1) is 6.74. The molecule has 0 saturated heterocycles. The molecule has 0 nitrogen and oxygen atoms in total. The van der Waals surface area contributed by atoms with Crippen molar-refractivity contribution in [2.45, 2.75) is 20.3 Å². The first-order valence-corrected chi connectivity index (χ1v) is 5.71. The van der Waals surface area contributed by atoms with E-state index in [-0.39, 0.29) is 0 Å². The second kappa shape index (κ2) is 3.97. The van der Waals surface area contributed by atoms with E-state index < -0.39 is 0 Å². The van der Waals surface area contributed by atoms with Crippen molar-refractivity contribution in [2.75, 3.05) is 0 Å². The van der Waals surface area contributed by atoms with Crippen molar-refractivity contribution in [3.05, 3.63) is 57.3 Å². The second-order valence-corrected chi connectivity index (χ2v) is 4.78. The van der Waals surface area contributed by atoms with Crippen molar-refractivity contribution in [2.24, 2.45) is 0 Å². The summed E-state index contributed by atoms with van der Waals surface area (Å²) in [6.45, 7) is 4.32. The predicted molar refractivity (Wildman–Crippen MR) is 63.0 cm³/mol. The Bertz CT molecular complexity index is 393. The molecule has 0 N–H and O–H groups in total. The van der Waals surface area contributed by atoms with Gasteiger partial charge in [0.25, 0.3) is 0 Å². The summed E-state index contributed by atoms with van der Waals surface area (Å²) in [5.74, 6) is 0. The van der Waals surface area contributed by atoms with Gasteiger partial charge in [-0.2, -0.15) is 0 Å². The van der Waals surface area contributed by atoms with Crippen molar-refractivity contribution < 1.29 is 0 Å². The van der Waals surface area contributed by atoms with E-state index in [0.717, 1.165) is 6.42 Å². The summed E-state index contributed by atoms with van der Waals surface area (Å²) in [7, 11) is 0. The number of rotatable bonds is 2. The standard InChI is InChI=1S/C13H14S/c1-10-6-11(2)8-12(7-10)9-13-4-3-5-14-13/h3-8H,9H2,1-2H3. The molecule has 0 amide bonds. The van der Waals surface area contributed by atoms with E-state index in [4.69, 9.17) is 0 Å². The van der Waals surface area contributed by atoms with Crippen LogP contribution in [0.15, 0.2) is 35.7 Å². The van der Waals surface area contributed by atoms with Gasteiger partial charge in [0.1, 0.15) is 0 Å². The highest BCUT2D eigenvalue weighted by Gasteiger charge is 1.98. The number of aryl methyl sites for hydroxylation is 2. The molecule has 0 spiro atoms. The summed E-state index contributed by atoms with van der Waals surface area (Å²) in [5.41, 5.74) is 4.14. The van der Waals surface area contributed by atoms with Gasteiger partial charge in [0.2, 0.25) is 0 Å². The minimum absolute atomic E-state index is 1.07. The zero-order chi connectivity index (χ0) is 9.97. The van der Waals surface area contributed by atoms with Crippen LogP contribution in [0.5, 0.6) is 0 Å². The zero-order valence-corrected chi connectivity index (χ0v) is 9.40.